The quantitative estimate of drug-likeness (QED) is 0.617. The van der Waals surface area contributed by atoms with Crippen LogP contribution in [0, 0.1) is 11.6 Å². The maximum atomic E-state index is 13.6. The van der Waals surface area contributed by atoms with Crippen molar-refractivity contribution in [2.75, 3.05) is 7.11 Å². The Bertz CT molecular complexity index is 757. The minimum absolute atomic E-state index is 0.172. The molecule has 1 N–H and O–H groups in total. The number of nitrogens with one attached hydrogen (secondary N) is 1. The summed E-state index contributed by atoms with van der Waals surface area (Å²) in [5.74, 6) is -4.20. The summed E-state index contributed by atoms with van der Waals surface area (Å²) in [7, 11) is 1.10. The predicted octanol–water partition coefficient (Wildman–Crippen LogP) is 3.09. The van der Waals surface area contributed by atoms with Crippen LogP contribution in [0.4, 0.5) is 22.0 Å². The summed E-state index contributed by atoms with van der Waals surface area (Å²) >= 11 is 0. The molecular weight excluding hydrogens is 377 g/mol. The average Bonchev–Trinajstić information content (AvgIpc) is 3.00. The highest BCUT2D eigenvalue weighted by Crippen LogP contribution is 2.45. The number of hydrogen-bond donors (Lipinski definition) is 1. The molecule has 0 fully saturated rings. The summed E-state index contributed by atoms with van der Waals surface area (Å²) in [4.78, 5) is 23.5. The molecule has 27 heavy (non-hydrogen) atoms. The molecule has 0 radical (unpaired) electrons. The van der Waals surface area contributed by atoms with Crippen molar-refractivity contribution in [3.63, 3.8) is 0 Å². The van der Waals surface area contributed by atoms with Gasteiger partial charge in [0.2, 0.25) is 0 Å². The van der Waals surface area contributed by atoms with Gasteiger partial charge in [0.1, 0.15) is 11.6 Å². The van der Waals surface area contributed by atoms with Gasteiger partial charge in [0, 0.05) is 18.5 Å². The van der Waals surface area contributed by atoms with Gasteiger partial charge in [-0.05, 0) is 30.2 Å². The van der Waals surface area contributed by atoms with Gasteiger partial charge in [-0.2, -0.15) is 13.2 Å². The molecule has 2 unspecified atom stereocenters. The van der Waals surface area contributed by atoms with Crippen molar-refractivity contribution < 1.29 is 41.0 Å². The Labute approximate surface area is 151 Å². The van der Waals surface area contributed by atoms with E-state index in [9.17, 15) is 31.5 Å². The van der Waals surface area contributed by atoms with Gasteiger partial charge < -0.3 is 14.8 Å². The van der Waals surface area contributed by atoms with Gasteiger partial charge in [0.25, 0.3) is 11.5 Å². The van der Waals surface area contributed by atoms with Crippen LogP contribution in [0.25, 0.3) is 5.57 Å². The number of amides is 1. The summed E-state index contributed by atoms with van der Waals surface area (Å²) < 4.78 is 76.7. The molecule has 2 rings (SSSR count). The first-order valence-electron chi connectivity index (χ1n) is 7.76. The fourth-order valence-electron chi connectivity index (χ4n) is 2.59. The summed E-state index contributed by atoms with van der Waals surface area (Å²) in [6.07, 6.45) is -5.78. The first-order valence-corrected chi connectivity index (χ1v) is 7.76. The summed E-state index contributed by atoms with van der Waals surface area (Å²) in [5.41, 5.74) is -3.63. The molecule has 0 aromatic heterocycles. The van der Waals surface area contributed by atoms with Crippen molar-refractivity contribution in [2.24, 2.45) is 0 Å². The van der Waals surface area contributed by atoms with Crippen LogP contribution in [0.1, 0.15) is 25.3 Å². The van der Waals surface area contributed by atoms with E-state index >= 15 is 0 Å². The number of benzene rings is 1. The van der Waals surface area contributed by atoms with E-state index < -0.39 is 47.8 Å². The molecule has 1 amide bonds. The second-order valence-electron chi connectivity index (χ2n) is 6.08. The van der Waals surface area contributed by atoms with E-state index in [2.05, 4.69) is 14.8 Å². The summed E-state index contributed by atoms with van der Waals surface area (Å²) in [6.45, 7) is 1.32. The predicted molar refractivity (Wildman–Crippen MR) is 83.1 cm³/mol. The largest absolute Gasteiger partial charge is 0.475 e. The van der Waals surface area contributed by atoms with Crippen LogP contribution in [-0.2, 0) is 19.1 Å². The molecule has 1 aliphatic rings. The van der Waals surface area contributed by atoms with Crippen LogP contribution in [0.5, 0.6) is 0 Å². The molecule has 1 aromatic carbocycles. The van der Waals surface area contributed by atoms with Crippen LogP contribution >= 0.6 is 0 Å². The van der Waals surface area contributed by atoms with Crippen LogP contribution in [0.2, 0.25) is 0 Å². The van der Waals surface area contributed by atoms with Gasteiger partial charge in [-0.3, -0.25) is 9.59 Å². The molecule has 10 heteroatoms. The average molecular weight is 393 g/mol. The van der Waals surface area contributed by atoms with Crippen molar-refractivity contribution in [1.29, 1.82) is 0 Å². The lowest BCUT2D eigenvalue weighted by atomic mass is 9.91. The number of alkyl halides is 3. The van der Waals surface area contributed by atoms with Gasteiger partial charge >= 0.3 is 12.1 Å². The Hall–Kier alpha value is -2.65. The minimum Gasteiger partial charge on any atom is -0.475 e. The topological polar surface area (TPSA) is 64.6 Å². The van der Waals surface area contributed by atoms with Crippen LogP contribution < -0.4 is 5.32 Å². The van der Waals surface area contributed by atoms with Crippen LogP contribution in [-0.4, -0.2) is 36.8 Å². The van der Waals surface area contributed by atoms with Crippen LogP contribution in [0.3, 0.4) is 0 Å². The van der Waals surface area contributed by atoms with E-state index in [1.807, 2.05) is 0 Å². The zero-order chi connectivity index (χ0) is 20.4. The Balaban J connectivity index is 2.24. The fourth-order valence-corrected chi connectivity index (χ4v) is 2.59. The molecule has 1 aromatic rings. The Kier molecular flexibility index (Phi) is 5.76. The number of methoxy groups -OCH3 is 1. The lowest BCUT2D eigenvalue weighted by Gasteiger charge is -2.31. The number of carbonyl (C=O) groups is 2. The first kappa shape index (κ1) is 20.7. The van der Waals surface area contributed by atoms with E-state index in [1.54, 1.807) is 0 Å². The number of ether oxygens (including phenoxy) is 2. The maximum Gasteiger partial charge on any atom is 0.437 e. The van der Waals surface area contributed by atoms with E-state index in [1.165, 1.54) is 6.92 Å². The summed E-state index contributed by atoms with van der Waals surface area (Å²) in [5, 5.41) is 2.06. The van der Waals surface area contributed by atoms with Crippen LogP contribution in [0.15, 0.2) is 24.5 Å². The van der Waals surface area contributed by atoms with Crippen molar-refractivity contribution >= 4 is 17.4 Å². The third kappa shape index (κ3) is 4.37. The number of rotatable bonds is 5. The molecule has 1 aliphatic heterocycles. The molecule has 1 heterocycles. The number of halogens is 5. The number of hydrogen-bond acceptors (Lipinski definition) is 4. The molecule has 0 spiro atoms. The van der Waals surface area contributed by atoms with Gasteiger partial charge in [-0.1, -0.05) is 0 Å². The molecule has 148 valence electrons. The second-order valence-corrected chi connectivity index (χ2v) is 6.08. The highest BCUT2D eigenvalue weighted by atomic mass is 19.4. The second kappa shape index (κ2) is 7.53. The zero-order valence-electron chi connectivity index (χ0n) is 14.3. The molecule has 0 aliphatic carbocycles. The third-order valence-corrected chi connectivity index (χ3v) is 3.98. The maximum absolute atomic E-state index is 13.6. The van der Waals surface area contributed by atoms with Gasteiger partial charge in [-0.25, -0.2) is 8.78 Å². The lowest BCUT2D eigenvalue weighted by Crippen LogP contribution is -2.58. The van der Waals surface area contributed by atoms with Crippen molar-refractivity contribution in [3.8, 4) is 0 Å². The molecule has 0 bridgehead atoms. The molecular formula is C17H16F5NO4. The SMILES string of the molecule is COC(=O)CC(C)NC(=O)C1(C(F)(F)F)CC(c2cc(F)cc(F)c2)=CO1. The fraction of sp³-hybridized carbons (Fsp3) is 0.412. The van der Waals surface area contributed by atoms with Crippen molar-refractivity contribution in [1.82, 2.24) is 5.32 Å². The normalized spacial score (nSPS) is 20.5. The minimum atomic E-state index is -5.12. The first-order chi connectivity index (χ1) is 12.5. The highest BCUT2D eigenvalue weighted by molar-refractivity contribution is 5.90. The Morgan fingerprint density at radius 1 is 1.26 bits per heavy atom. The smallest absolute Gasteiger partial charge is 0.437 e. The van der Waals surface area contributed by atoms with Gasteiger partial charge in [0.15, 0.2) is 0 Å². The monoisotopic (exact) mass is 393 g/mol. The van der Waals surface area contributed by atoms with E-state index in [0.717, 1.165) is 19.2 Å². The number of carbonyl (C=O) groups excluding carboxylic acids is 2. The van der Waals surface area contributed by atoms with E-state index in [0.29, 0.717) is 12.3 Å². The van der Waals surface area contributed by atoms with Crippen molar-refractivity contribution in [3.05, 3.63) is 41.7 Å². The van der Waals surface area contributed by atoms with Gasteiger partial charge in [-0.15, -0.1) is 0 Å². The Morgan fingerprint density at radius 2 is 1.85 bits per heavy atom. The van der Waals surface area contributed by atoms with E-state index in [4.69, 9.17) is 0 Å². The van der Waals surface area contributed by atoms with Crippen molar-refractivity contribution in [2.45, 2.75) is 37.6 Å². The standard InChI is InChI=1S/C17H16F5NO4/c1-9(3-14(24)26-2)23-15(25)16(17(20,21)22)7-11(8-27-16)10-4-12(18)6-13(19)5-10/h4-6,8-9H,3,7H2,1-2H3,(H,23,25). The van der Waals surface area contributed by atoms with Gasteiger partial charge in [0.05, 0.1) is 19.8 Å². The van der Waals surface area contributed by atoms with E-state index in [-0.39, 0.29) is 17.6 Å². The number of esters is 1. The molecule has 2 atom stereocenters. The molecule has 0 saturated heterocycles. The molecule has 5 nitrogen and oxygen atoms in total. The Morgan fingerprint density at radius 3 is 2.37 bits per heavy atom. The summed E-state index contributed by atoms with van der Waals surface area (Å²) in [6, 6.07) is 1.28. The highest BCUT2D eigenvalue weighted by Gasteiger charge is 2.65. The zero-order valence-corrected chi connectivity index (χ0v) is 14.3. The third-order valence-electron chi connectivity index (χ3n) is 3.98. The molecule has 0 saturated carbocycles. The lowest BCUT2D eigenvalue weighted by molar-refractivity contribution is -0.247.